The second-order valence-electron chi connectivity index (χ2n) is 5.21. The Bertz CT molecular complexity index is 405. The lowest BCUT2D eigenvalue weighted by Crippen LogP contribution is -2.35. The lowest BCUT2D eigenvalue weighted by molar-refractivity contribution is 0.618. The van der Waals surface area contributed by atoms with Crippen LogP contribution in [0.15, 0.2) is 6.07 Å². The molecule has 0 bridgehead atoms. The molecule has 18 heavy (non-hydrogen) atoms. The third kappa shape index (κ3) is 2.57. The van der Waals surface area contributed by atoms with Gasteiger partial charge in [0.15, 0.2) is 0 Å². The van der Waals surface area contributed by atoms with Crippen molar-refractivity contribution >= 4 is 11.6 Å². The van der Waals surface area contributed by atoms with Crippen molar-refractivity contribution in [1.82, 2.24) is 9.97 Å². The highest BCUT2D eigenvalue weighted by Crippen LogP contribution is 2.31. The summed E-state index contributed by atoms with van der Waals surface area (Å²) in [6.45, 7) is 6.65. The summed E-state index contributed by atoms with van der Waals surface area (Å²) >= 11 is 0. The first-order chi connectivity index (χ1) is 8.65. The molecule has 1 aliphatic heterocycles. The Labute approximate surface area is 110 Å². The highest BCUT2D eigenvalue weighted by atomic mass is 15.3. The van der Waals surface area contributed by atoms with Crippen molar-refractivity contribution in [1.29, 1.82) is 0 Å². The molecule has 2 atom stereocenters. The number of nitrogen functional groups attached to an aromatic ring is 1. The molecule has 0 amide bonds. The van der Waals surface area contributed by atoms with E-state index < -0.39 is 0 Å². The van der Waals surface area contributed by atoms with E-state index in [1.54, 1.807) is 0 Å². The van der Waals surface area contributed by atoms with Crippen LogP contribution in [0.4, 0.5) is 11.6 Å². The fraction of sp³-hybridized carbons (Fsp3) is 0.714. The van der Waals surface area contributed by atoms with Crippen LogP contribution in [-0.2, 0) is 6.42 Å². The quantitative estimate of drug-likeness (QED) is 0.890. The van der Waals surface area contributed by atoms with Crippen LogP contribution in [-0.4, -0.2) is 22.1 Å². The summed E-state index contributed by atoms with van der Waals surface area (Å²) in [7, 11) is 0. The van der Waals surface area contributed by atoms with Gasteiger partial charge in [0.1, 0.15) is 17.5 Å². The zero-order valence-corrected chi connectivity index (χ0v) is 11.7. The van der Waals surface area contributed by atoms with E-state index >= 15 is 0 Å². The van der Waals surface area contributed by atoms with Gasteiger partial charge in [-0.2, -0.15) is 0 Å². The Hall–Kier alpha value is -1.32. The Kier molecular flexibility index (Phi) is 4.04. The summed E-state index contributed by atoms with van der Waals surface area (Å²) < 4.78 is 0. The predicted octanol–water partition coefficient (Wildman–Crippen LogP) is 2.78. The summed E-state index contributed by atoms with van der Waals surface area (Å²) in [6, 6.07) is 3.08. The average molecular weight is 248 g/mol. The van der Waals surface area contributed by atoms with Crippen LogP contribution in [0, 0.1) is 0 Å². The first-order valence-electron chi connectivity index (χ1n) is 7.07. The SMILES string of the molecule is CCCc1nc(N)cc(N2C(C)CCC2CC)n1. The van der Waals surface area contributed by atoms with Crippen molar-refractivity contribution in [3.05, 3.63) is 11.9 Å². The molecule has 1 aromatic rings. The molecule has 2 rings (SSSR count). The first kappa shape index (κ1) is 13.1. The van der Waals surface area contributed by atoms with Crippen molar-refractivity contribution in [2.75, 3.05) is 10.6 Å². The molecule has 0 saturated carbocycles. The molecular weight excluding hydrogens is 224 g/mol. The maximum Gasteiger partial charge on any atom is 0.134 e. The van der Waals surface area contributed by atoms with Gasteiger partial charge in [0, 0.05) is 24.6 Å². The second kappa shape index (κ2) is 5.55. The molecule has 1 fully saturated rings. The van der Waals surface area contributed by atoms with Gasteiger partial charge in [0.2, 0.25) is 0 Å². The molecule has 2 N–H and O–H groups in total. The number of hydrogen-bond acceptors (Lipinski definition) is 4. The van der Waals surface area contributed by atoms with Gasteiger partial charge in [-0.15, -0.1) is 0 Å². The number of aromatic nitrogens is 2. The number of nitrogens with zero attached hydrogens (tertiary/aromatic N) is 3. The van der Waals surface area contributed by atoms with Crippen molar-refractivity contribution in [2.45, 2.75) is 65.0 Å². The number of nitrogens with two attached hydrogens (primary N) is 1. The molecule has 2 unspecified atom stereocenters. The third-order valence-corrected chi connectivity index (χ3v) is 3.77. The van der Waals surface area contributed by atoms with Gasteiger partial charge in [-0.1, -0.05) is 13.8 Å². The van der Waals surface area contributed by atoms with Crippen molar-refractivity contribution in [3.8, 4) is 0 Å². The highest BCUT2D eigenvalue weighted by molar-refractivity contribution is 5.49. The van der Waals surface area contributed by atoms with Gasteiger partial charge in [-0.25, -0.2) is 9.97 Å². The predicted molar refractivity (Wildman–Crippen MR) is 75.7 cm³/mol. The summed E-state index contributed by atoms with van der Waals surface area (Å²) in [6.07, 6.45) is 5.61. The van der Waals surface area contributed by atoms with Gasteiger partial charge < -0.3 is 10.6 Å². The zero-order valence-electron chi connectivity index (χ0n) is 11.7. The van der Waals surface area contributed by atoms with Crippen molar-refractivity contribution in [3.63, 3.8) is 0 Å². The zero-order chi connectivity index (χ0) is 13.1. The molecule has 1 aliphatic rings. The molecule has 4 nitrogen and oxygen atoms in total. The molecule has 0 radical (unpaired) electrons. The van der Waals surface area contributed by atoms with E-state index in [4.69, 9.17) is 5.73 Å². The normalized spacial score (nSPS) is 23.6. The molecule has 100 valence electrons. The maximum absolute atomic E-state index is 5.91. The van der Waals surface area contributed by atoms with Gasteiger partial charge >= 0.3 is 0 Å². The van der Waals surface area contributed by atoms with E-state index in [0.717, 1.165) is 30.9 Å². The Balaban J connectivity index is 2.31. The molecule has 0 spiro atoms. The molecule has 0 aliphatic carbocycles. The van der Waals surface area contributed by atoms with E-state index in [2.05, 4.69) is 35.6 Å². The van der Waals surface area contributed by atoms with Crippen LogP contribution in [0.2, 0.25) is 0 Å². The van der Waals surface area contributed by atoms with Crippen molar-refractivity contribution in [2.24, 2.45) is 0 Å². The summed E-state index contributed by atoms with van der Waals surface area (Å²) in [5.74, 6) is 2.49. The van der Waals surface area contributed by atoms with E-state index in [1.165, 1.54) is 12.8 Å². The minimum absolute atomic E-state index is 0.554. The Morgan fingerprint density at radius 3 is 2.78 bits per heavy atom. The Morgan fingerprint density at radius 2 is 2.11 bits per heavy atom. The minimum atomic E-state index is 0.554. The third-order valence-electron chi connectivity index (χ3n) is 3.77. The number of anilines is 2. The van der Waals surface area contributed by atoms with Crippen LogP contribution < -0.4 is 10.6 Å². The highest BCUT2D eigenvalue weighted by Gasteiger charge is 2.30. The van der Waals surface area contributed by atoms with Gasteiger partial charge in [-0.05, 0) is 32.6 Å². The topological polar surface area (TPSA) is 55.0 Å². The first-order valence-corrected chi connectivity index (χ1v) is 7.07. The molecule has 2 heterocycles. The van der Waals surface area contributed by atoms with E-state index in [1.807, 2.05) is 6.07 Å². The molecule has 1 saturated heterocycles. The smallest absolute Gasteiger partial charge is 0.134 e. The average Bonchev–Trinajstić information content (AvgIpc) is 2.70. The van der Waals surface area contributed by atoms with E-state index in [-0.39, 0.29) is 0 Å². The van der Waals surface area contributed by atoms with Crippen LogP contribution in [0.5, 0.6) is 0 Å². The monoisotopic (exact) mass is 248 g/mol. The van der Waals surface area contributed by atoms with E-state index in [0.29, 0.717) is 17.9 Å². The van der Waals surface area contributed by atoms with Gasteiger partial charge in [0.25, 0.3) is 0 Å². The largest absolute Gasteiger partial charge is 0.384 e. The van der Waals surface area contributed by atoms with Crippen LogP contribution in [0.1, 0.15) is 52.3 Å². The standard InChI is InChI=1S/C14H24N4/c1-4-6-13-16-12(15)9-14(17-13)18-10(3)7-8-11(18)5-2/h9-11H,4-8H2,1-3H3,(H2,15,16,17). The minimum Gasteiger partial charge on any atom is -0.384 e. The number of aryl methyl sites for hydroxylation is 1. The lowest BCUT2D eigenvalue weighted by Gasteiger charge is -2.29. The van der Waals surface area contributed by atoms with Gasteiger partial charge in [-0.3, -0.25) is 0 Å². The number of hydrogen-bond donors (Lipinski definition) is 1. The molecule has 4 heteroatoms. The molecular formula is C14H24N4. The fourth-order valence-electron chi connectivity index (χ4n) is 2.86. The summed E-state index contributed by atoms with van der Waals surface area (Å²) in [5, 5.41) is 0. The van der Waals surface area contributed by atoms with Gasteiger partial charge in [0.05, 0.1) is 0 Å². The molecule has 0 aromatic carbocycles. The van der Waals surface area contributed by atoms with E-state index in [9.17, 15) is 0 Å². The fourth-order valence-corrected chi connectivity index (χ4v) is 2.86. The van der Waals surface area contributed by atoms with Crippen molar-refractivity contribution < 1.29 is 0 Å². The molecule has 1 aromatic heterocycles. The Morgan fingerprint density at radius 1 is 1.33 bits per heavy atom. The second-order valence-corrected chi connectivity index (χ2v) is 5.21. The van der Waals surface area contributed by atoms with Crippen LogP contribution in [0.25, 0.3) is 0 Å². The summed E-state index contributed by atoms with van der Waals surface area (Å²) in [4.78, 5) is 11.4. The summed E-state index contributed by atoms with van der Waals surface area (Å²) in [5.41, 5.74) is 5.91. The van der Waals surface area contributed by atoms with Crippen LogP contribution in [0.3, 0.4) is 0 Å². The lowest BCUT2D eigenvalue weighted by atomic mass is 10.1. The maximum atomic E-state index is 5.91. The number of rotatable bonds is 4. The van der Waals surface area contributed by atoms with Crippen LogP contribution >= 0.6 is 0 Å².